The fourth-order valence-corrected chi connectivity index (χ4v) is 2.75. The number of hydrogen-bond donors (Lipinski definition) is 2. The van der Waals surface area contributed by atoms with Gasteiger partial charge in [0, 0.05) is 28.8 Å². The number of rotatable bonds is 4. The molecule has 28 heavy (non-hydrogen) atoms. The highest BCUT2D eigenvalue weighted by Crippen LogP contribution is 2.24. The zero-order valence-electron chi connectivity index (χ0n) is 16.4. The molecule has 2 N–H and O–H groups in total. The Kier molecular flexibility index (Phi) is 5.66. The molecule has 6 heteroatoms. The van der Waals surface area contributed by atoms with Crippen LogP contribution in [0, 0.1) is 6.92 Å². The van der Waals surface area contributed by atoms with E-state index in [1.165, 1.54) is 18.0 Å². The molecule has 0 spiro atoms. The summed E-state index contributed by atoms with van der Waals surface area (Å²) < 4.78 is 0. The summed E-state index contributed by atoms with van der Waals surface area (Å²) in [5, 5.41) is 6.54. The van der Waals surface area contributed by atoms with Crippen LogP contribution >= 0.6 is 11.6 Å². The minimum absolute atomic E-state index is 0.103. The van der Waals surface area contributed by atoms with E-state index in [-0.39, 0.29) is 11.3 Å². The largest absolute Gasteiger partial charge is 0.324 e. The number of amides is 1. The summed E-state index contributed by atoms with van der Waals surface area (Å²) in [6, 6.07) is 13.5. The molecule has 2 aromatic carbocycles. The van der Waals surface area contributed by atoms with Gasteiger partial charge in [-0.25, -0.2) is 9.97 Å². The molecular formula is C22H23ClN4O. The number of hydrogen-bond acceptors (Lipinski definition) is 4. The first-order valence-electron chi connectivity index (χ1n) is 8.99. The molecule has 0 saturated carbocycles. The predicted molar refractivity (Wildman–Crippen MR) is 115 cm³/mol. The molecule has 1 heterocycles. The molecule has 144 valence electrons. The average Bonchev–Trinajstić information content (AvgIpc) is 2.65. The second-order valence-corrected chi connectivity index (χ2v) is 8.07. The number of halogens is 1. The SMILES string of the molecule is Cc1ccc(NC(=O)c2cnc(Nc3ccc(C(C)(C)C)cc3)nc2)cc1Cl. The number of benzene rings is 2. The smallest absolute Gasteiger partial charge is 0.258 e. The highest BCUT2D eigenvalue weighted by molar-refractivity contribution is 6.31. The molecule has 0 aliphatic carbocycles. The molecule has 5 nitrogen and oxygen atoms in total. The Morgan fingerprint density at radius 3 is 2.14 bits per heavy atom. The predicted octanol–water partition coefficient (Wildman–Crippen LogP) is 5.73. The van der Waals surface area contributed by atoms with E-state index in [2.05, 4.69) is 53.5 Å². The number of aromatic nitrogens is 2. The van der Waals surface area contributed by atoms with Gasteiger partial charge in [-0.3, -0.25) is 4.79 Å². The highest BCUT2D eigenvalue weighted by Gasteiger charge is 2.13. The lowest BCUT2D eigenvalue weighted by atomic mass is 9.87. The Labute approximate surface area is 170 Å². The number of nitrogens with one attached hydrogen (secondary N) is 2. The van der Waals surface area contributed by atoms with Crippen LogP contribution in [0.3, 0.4) is 0 Å². The standard InChI is InChI=1S/C22H23ClN4O/c1-14-5-8-18(11-19(14)23)26-20(28)15-12-24-21(25-13-15)27-17-9-6-16(7-10-17)22(2,3)4/h5-13H,1-4H3,(H,26,28)(H,24,25,27). The third-order valence-corrected chi connectivity index (χ3v) is 4.76. The second-order valence-electron chi connectivity index (χ2n) is 7.67. The summed E-state index contributed by atoms with van der Waals surface area (Å²) in [5.74, 6) is 0.138. The maximum absolute atomic E-state index is 12.4. The minimum atomic E-state index is -0.291. The van der Waals surface area contributed by atoms with E-state index in [0.29, 0.717) is 22.2 Å². The molecule has 0 aliphatic heterocycles. The van der Waals surface area contributed by atoms with Crippen LogP contribution in [-0.4, -0.2) is 15.9 Å². The Morgan fingerprint density at radius 1 is 0.964 bits per heavy atom. The van der Waals surface area contributed by atoms with Gasteiger partial charge in [0.2, 0.25) is 5.95 Å². The number of anilines is 3. The van der Waals surface area contributed by atoms with Crippen molar-refractivity contribution < 1.29 is 4.79 Å². The van der Waals surface area contributed by atoms with Crippen LogP contribution in [0.1, 0.15) is 42.3 Å². The van der Waals surface area contributed by atoms with Crippen molar-refractivity contribution in [2.45, 2.75) is 33.1 Å². The molecule has 1 amide bonds. The molecule has 0 aliphatic rings. The first kappa shape index (κ1) is 19.8. The third-order valence-electron chi connectivity index (χ3n) is 4.35. The number of nitrogens with zero attached hydrogens (tertiary/aromatic N) is 2. The van der Waals surface area contributed by atoms with Gasteiger partial charge in [0.1, 0.15) is 0 Å². The minimum Gasteiger partial charge on any atom is -0.324 e. The Morgan fingerprint density at radius 2 is 1.57 bits per heavy atom. The van der Waals surface area contributed by atoms with Crippen molar-refractivity contribution in [3.63, 3.8) is 0 Å². The van der Waals surface area contributed by atoms with Gasteiger partial charge in [-0.05, 0) is 47.7 Å². The van der Waals surface area contributed by atoms with Crippen LogP contribution in [-0.2, 0) is 5.41 Å². The van der Waals surface area contributed by atoms with Crippen LogP contribution in [0.2, 0.25) is 5.02 Å². The molecule has 1 aromatic heterocycles. The van der Waals surface area contributed by atoms with E-state index in [1.807, 2.05) is 25.1 Å². The van der Waals surface area contributed by atoms with Gasteiger partial charge in [-0.2, -0.15) is 0 Å². The summed E-state index contributed by atoms with van der Waals surface area (Å²) in [4.78, 5) is 20.8. The fraction of sp³-hybridized carbons (Fsp3) is 0.227. The average molecular weight is 395 g/mol. The Bertz CT molecular complexity index is 977. The van der Waals surface area contributed by atoms with E-state index in [0.717, 1.165) is 11.3 Å². The van der Waals surface area contributed by atoms with Crippen molar-refractivity contribution >= 4 is 34.8 Å². The van der Waals surface area contributed by atoms with Crippen LogP contribution in [0.15, 0.2) is 54.9 Å². The van der Waals surface area contributed by atoms with Crippen molar-refractivity contribution in [3.8, 4) is 0 Å². The van der Waals surface area contributed by atoms with E-state index in [9.17, 15) is 4.79 Å². The summed E-state index contributed by atoms with van der Waals surface area (Å²) >= 11 is 6.09. The van der Waals surface area contributed by atoms with E-state index in [1.54, 1.807) is 12.1 Å². The summed E-state index contributed by atoms with van der Waals surface area (Å²) in [7, 11) is 0. The van der Waals surface area contributed by atoms with Gasteiger partial charge in [0.05, 0.1) is 5.56 Å². The van der Waals surface area contributed by atoms with Crippen LogP contribution in [0.4, 0.5) is 17.3 Å². The molecule has 0 radical (unpaired) electrons. The normalized spacial score (nSPS) is 11.2. The van der Waals surface area contributed by atoms with Crippen molar-refractivity contribution in [2.24, 2.45) is 0 Å². The maximum Gasteiger partial charge on any atom is 0.258 e. The van der Waals surface area contributed by atoms with E-state index in [4.69, 9.17) is 11.6 Å². The Balaban J connectivity index is 1.65. The van der Waals surface area contributed by atoms with Gasteiger partial charge in [-0.15, -0.1) is 0 Å². The number of aryl methyl sites for hydroxylation is 1. The molecule has 0 unspecified atom stereocenters. The van der Waals surface area contributed by atoms with Crippen LogP contribution in [0.25, 0.3) is 0 Å². The van der Waals surface area contributed by atoms with Crippen molar-refractivity contribution in [1.82, 2.24) is 9.97 Å². The molecule has 0 saturated heterocycles. The quantitative estimate of drug-likeness (QED) is 0.592. The van der Waals surface area contributed by atoms with E-state index >= 15 is 0 Å². The molecular weight excluding hydrogens is 372 g/mol. The van der Waals surface area contributed by atoms with Crippen molar-refractivity contribution in [2.75, 3.05) is 10.6 Å². The lowest BCUT2D eigenvalue weighted by Gasteiger charge is -2.19. The van der Waals surface area contributed by atoms with Crippen molar-refractivity contribution in [3.05, 3.63) is 76.6 Å². The fourth-order valence-electron chi connectivity index (χ4n) is 2.57. The molecule has 0 atom stereocenters. The molecule has 0 bridgehead atoms. The first-order chi connectivity index (χ1) is 13.2. The topological polar surface area (TPSA) is 66.9 Å². The van der Waals surface area contributed by atoms with Crippen LogP contribution < -0.4 is 10.6 Å². The third kappa shape index (κ3) is 4.87. The molecule has 3 rings (SSSR count). The molecule has 0 fully saturated rings. The number of carbonyl (C=O) groups is 1. The van der Waals surface area contributed by atoms with Gasteiger partial charge in [0.25, 0.3) is 5.91 Å². The van der Waals surface area contributed by atoms with Gasteiger partial charge in [0.15, 0.2) is 0 Å². The first-order valence-corrected chi connectivity index (χ1v) is 9.37. The number of carbonyl (C=O) groups excluding carboxylic acids is 1. The summed E-state index contributed by atoms with van der Waals surface area (Å²) in [6.07, 6.45) is 2.98. The zero-order chi connectivity index (χ0) is 20.3. The van der Waals surface area contributed by atoms with Gasteiger partial charge < -0.3 is 10.6 Å². The lowest BCUT2D eigenvalue weighted by Crippen LogP contribution is -2.13. The second kappa shape index (κ2) is 7.98. The van der Waals surface area contributed by atoms with E-state index < -0.39 is 0 Å². The zero-order valence-corrected chi connectivity index (χ0v) is 17.1. The highest BCUT2D eigenvalue weighted by atomic mass is 35.5. The maximum atomic E-state index is 12.4. The summed E-state index contributed by atoms with van der Waals surface area (Å²) in [5.41, 5.74) is 4.19. The lowest BCUT2D eigenvalue weighted by molar-refractivity contribution is 0.102. The monoisotopic (exact) mass is 394 g/mol. The summed E-state index contributed by atoms with van der Waals surface area (Å²) in [6.45, 7) is 8.43. The van der Waals surface area contributed by atoms with Gasteiger partial charge in [-0.1, -0.05) is 50.6 Å². The Hall–Kier alpha value is -2.92. The van der Waals surface area contributed by atoms with Crippen molar-refractivity contribution in [1.29, 1.82) is 0 Å². The van der Waals surface area contributed by atoms with Gasteiger partial charge >= 0.3 is 0 Å². The van der Waals surface area contributed by atoms with Crippen LogP contribution in [0.5, 0.6) is 0 Å². The molecule has 3 aromatic rings.